The zero-order valence-corrected chi connectivity index (χ0v) is 12.6. The van der Waals surface area contributed by atoms with Gasteiger partial charge < -0.3 is 5.32 Å². The number of imidazole rings is 1. The summed E-state index contributed by atoms with van der Waals surface area (Å²) in [7, 11) is 0. The number of rotatable bonds is 3. The molecule has 3 heterocycles. The lowest BCUT2D eigenvalue weighted by atomic mass is 10.2. The first kappa shape index (κ1) is 16.0. The molecule has 0 saturated carbocycles. The number of aromatic nitrogens is 3. The van der Waals surface area contributed by atoms with E-state index in [-0.39, 0.29) is 17.9 Å². The molecular weight excluding hydrogens is 321 g/mol. The molecule has 3 aromatic rings. The number of nitrogens with one attached hydrogen (secondary N) is 1. The molecule has 0 radical (unpaired) electrons. The number of fused-ring (bicyclic) bond motifs is 1. The summed E-state index contributed by atoms with van der Waals surface area (Å²) in [5, 5.41) is 2.68. The third-order valence-corrected chi connectivity index (χ3v) is 3.54. The van der Waals surface area contributed by atoms with Crippen LogP contribution in [-0.2, 0) is 12.7 Å². The van der Waals surface area contributed by atoms with Gasteiger partial charge in [0.1, 0.15) is 11.3 Å². The number of halogens is 3. The molecule has 3 aromatic heterocycles. The summed E-state index contributed by atoms with van der Waals surface area (Å²) in [6, 6.07) is 5.67. The fourth-order valence-corrected chi connectivity index (χ4v) is 2.37. The predicted octanol–water partition coefficient (Wildman–Crippen LogP) is 2.99. The minimum absolute atomic E-state index is 0.0881. The molecule has 0 aliphatic rings. The molecule has 3 rings (SSSR count). The number of hydrogen-bond donors (Lipinski definition) is 1. The molecule has 24 heavy (non-hydrogen) atoms. The molecule has 0 bridgehead atoms. The Balaban J connectivity index is 1.92. The van der Waals surface area contributed by atoms with Crippen molar-refractivity contribution in [3.8, 4) is 0 Å². The number of amides is 1. The van der Waals surface area contributed by atoms with Crippen LogP contribution in [0.3, 0.4) is 0 Å². The Kier molecular flexibility index (Phi) is 3.96. The smallest absolute Gasteiger partial charge is 0.347 e. The van der Waals surface area contributed by atoms with Crippen LogP contribution in [0.15, 0.2) is 42.9 Å². The molecule has 0 aromatic carbocycles. The number of aryl methyl sites for hydroxylation is 1. The van der Waals surface area contributed by atoms with E-state index in [9.17, 15) is 18.0 Å². The third kappa shape index (κ3) is 3.08. The lowest BCUT2D eigenvalue weighted by Crippen LogP contribution is -2.25. The zero-order chi connectivity index (χ0) is 17.3. The molecule has 0 fully saturated rings. The van der Waals surface area contributed by atoms with Gasteiger partial charge in [-0.05, 0) is 36.8 Å². The van der Waals surface area contributed by atoms with Crippen LogP contribution in [0.2, 0.25) is 0 Å². The topological polar surface area (TPSA) is 59.3 Å². The van der Waals surface area contributed by atoms with Crippen molar-refractivity contribution < 1.29 is 18.0 Å². The molecule has 0 spiro atoms. The van der Waals surface area contributed by atoms with Crippen molar-refractivity contribution in [1.29, 1.82) is 0 Å². The summed E-state index contributed by atoms with van der Waals surface area (Å²) < 4.78 is 39.8. The van der Waals surface area contributed by atoms with E-state index in [2.05, 4.69) is 15.3 Å². The van der Waals surface area contributed by atoms with Crippen LogP contribution in [0.4, 0.5) is 13.2 Å². The summed E-state index contributed by atoms with van der Waals surface area (Å²) >= 11 is 0. The van der Waals surface area contributed by atoms with Crippen molar-refractivity contribution in [2.24, 2.45) is 0 Å². The highest BCUT2D eigenvalue weighted by molar-refractivity contribution is 5.94. The summed E-state index contributed by atoms with van der Waals surface area (Å²) in [5.74, 6) is -0.490. The Morgan fingerprint density at radius 2 is 1.92 bits per heavy atom. The summed E-state index contributed by atoms with van der Waals surface area (Å²) in [5.41, 5.74) is 0.734. The first-order valence-electron chi connectivity index (χ1n) is 7.09. The quantitative estimate of drug-likeness (QED) is 0.801. The monoisotopic (exact) mass is 334 g/mol. The number of carbonyl (C=O) groups excluding carboxylic acids is 1. The zero-order valence-electron chi connectivity index (χ0n) is 12.6. The van der Waals surface area contributed by atoms with Gasteiger partial charge in [0.15, 0.2) is 0 Å². The SMILES string of the molecule is Cc1nc2ccc(C(F)(F)F)cn2c1C(=O)NCc1ccncc1. The van der Waals surface area contributed by atoms with Crippen molar-refractivity contribution in [2.75, 3.05) is 0 Å². The minimum Gasteiger partial charge on any atom is -0.347 e. The van der Waals surface area contributed by atoms with E-state index in [0.717, 1.165) is 17.8 Å². The number of hydrogen-bond acceptors (Lipinski definition) is 3. The Morgan fingerprint density at radius 3 is 2.58 bits per heavy atom. The second kappa shape index (κ2) is 5.95. The van der Waals surface area contributed by atoms with Gasteiger partial charge >= 0.3 is 6.18 Å². The Morgan fingerprint density at radius 1 is 1.21 bits per heavy atom. The highest BCUT2D eigenvalue weighted by atomic mass is 19.4. The van der Waals surface area contributed by atoms with Crippen LogP contribution in [-0.4, -0.2) is 20.3 Å². The van der Waals surface area contributed by atoms with Crippen molar-refractivity contribution in [1.82, 2.24) is 19.7 Å². The average molecular weight is 334 g/mol. The Bertz CT molecular complexity index is 887. The largest absolute Gasteiger partial charge is 0.417 e. The molecule has 0 atom stereocenters. The summed E-state index contributed by atoms with van der Waals surface area (Å²) in [6.07, 6.45) is -0.416. The van der Waals surface area contributed by atoms with E-state index in [4.69, 9.17) is 0 Å². The van der Waals surface area contributed by atoms with E-state index < -0.39 is 17.6 Å². The molecule has 8 heteroatoms. The van der Waals surface area contributed by atoms with Crippen molar-refractivity contribution in [3.63, 3.8) is 0 Å². The molecule has 0 aliphatic heterocycles. The molecule has 0 saturated heterocycles. The van der Waals surface area contributed by atoms with E-state index in [1.165, 1.54) is 10.5 Å². The maximum atomic E-state index is 12.9. The molecule has 0 unspecified atom stereocenters. The van der Waals surface area contributed by atoms with Crippen LogP contribution in [0.1, 0.15) is 27.3 Å². The van der Waals surface area contributed by atoms with E-state index in [0.29, 0.717) is 5.69 Å². The summed E-state index contributed by atoms with van der Waals surface area (Å²) in [6.45, 7) is 1.83. The Labute approximate surface area is 135 Å². The molecule has 0 aliphatic carbocycles. The fourth-order valence-electron chi connectivity index (χ4n) is 2.37. The second-order valence-electron chi connectivity index (χ2n) is 5.23. The standard InChI is InChI=1S/C16H13F3N4O/c1-10-14(15(24)21-8-11-4-6-20-7-5-11)23-9-12(16(17,18)19)2-3-13(23)22-10/h2-7,9H,8H2,1H3,(H,21,24). The van der Waals surface area contributed by atoms with E-state index in [1.807, 2.05) is 0 Å². The van der Waals surface area contributed by atoms with Gasteiger partial charge in [0.05, 0.1) is 11.3 Å². The Hall–Kier alpha value is -2.90. The van der Waals surface area contributed by atoms with Gasteiger partial charge in [0.2, 0.25) is 0 Å². The van der Waals surface area contributed by atoms with Crippen LogP contribution in [0.25, 0.3) is 5.65 Å². The van der Waals surface area contributed by atoms with Gasteiger partial charge in [0, 0.05) is 25.1 Å². The summed E-state index contributed by atoms with van der Waals surface area (Å²) in [4.78, 5) is 20.4. The van der Waals surface area contributed by atoms with Gasteiger partial charge in [-0.1, -0.05) is 0 Å². The number of alkyl halides is 3. The number of pyridine rings is 2. The van der Waals surface area contributed by atoms with Gasteiger partial charge in [-0.3, -0.25) is 14.2 Å². The maximum Gasteiger partial charge on any atom is 0.417 e. The van der Waals surface area contributed by atoms with Crippen molar-refractivity contribution in [3.05, 3.63) is 65.4 Å². The van der Waals surface area contributed by atoms with Crippen LogP contribution in [0, 0.1) is 6.92 Å². The van der Waals surface area contributed by atoms with Crippen LogP contribution in [0.5, 0.6) is 0 Å². The van der Waals surface area contributed by atoms with E-state index in [1.54, 1.807) is 31.5 Å². The number of carbonyl (C=O) groups is 1. The predicted molar refractivity (Wildman–Crippen MR) is 80.3 cm³/mol. The third-order valence-electron chi connectivity index (χ3n) is 3.54. The maximum absolute atomic E-state index is 12.9. The highest BCUT2D eigenvalue weighted by Gasteiger charge is 2.31. The van der Waals surface area contributed by atoms with E-state index >= 15 is 0 Å². The van der Waals surface area contributed by atoms with Gasteiger partial charge in [-0.15, -0.1) is 0 Å². The fraction of sp³-hybridized carbons (Fsp3) is 0.188. The molecule has 124 valence electrons. The number of nitrogens with zero attached hydrogens (tertiary/aromatic N) is 3. The van der Waals surface area contributed by atoms with Crippen LogP contribution >= 0.6 is 0 Å². The normalized spacial score (nSPS) is 11.7. The lowest BCUT2D eigenvalue weighted by Gasteiger charge is -2.09. The van der Waals surface area contributed by atoms with Crippen molar-refractivity contribution in [2.45, 2.75) is 19.6 Å². The second-order valence-corrected chi connectivity index (χ2v) is 5.23. The van der Waals surface area contributed by atoms with Gasteiger partial charge in [0.25, 0.3) is 5.91 Å². The lowest BCUT2D eigenvalue weighted by molar-refractivity contribution is -0.137. The highest BCUT2D eigenvalue weighted by Crippen LogP contribution is 2.29. The average Bonchev–Trinajstić information content (AvgIpc) is 2.87. The minimum atomic E-state index is -4.49. The molecular formula is C16H13F3N4O. The molecule has 1 amide bonds. The van der Waals surface area contributed by atoms with Crippen LogP contribution < -0.4 is 5.32 Å². The first-order valence-corrected chi connectivity index (χ1v) is 7.09. The molecule has 1 N–H and O–H groups in total. The van der Waals surface area contributed by atoms with Crippen molar-refractivity contribution >= 4 is 11.6 Å². The van der Waals surface area contributed by atoms with Gasteiger partial charge in [-0.2, -0.15) is 13.2 Å². The first-order chi connectivity index (χ1) is 11.4. The van der Waals surface area contributed by atoms with Gasteiger partial charge in [-0.25, -0.2) is 4.98 Å². The molecule has 5 nitrogen and oxygen atoms in total.